The van der Waals surface area contributed by atoms with Crippen molar-refractivity contribution in [3.05, 3.63) is 0 Å². The maximum atomic E-state index is 11.6. The highest BCUT2D eigenvalue weighted by Gasteiger charge is 2.33. The van der Waals surface area contributed by atoms with Crippen LogP contribution in [-0.4, -0.2) is 54.7 Å². The molecule has 14 heavy (non-hydrogen) atoms. The monoisotopic (exact) mass is 201 g/mol. The van der Waals surface area contributed by atoms with Gasteiger partial charge in [-0.1, -0.05) is 0 Å². The minimum Gasteiger partial charge on any atom is -0.392 e. The third-order valence-electron chi connectivity index (χ3n) is 2.46. The van der Waals surface area contributed by atoms with Crippen molar-refractivity contribution in [3.63, 3.8) is 0 Å². The van der Waals surface area contributed by atoms with Gasteiger partial charge in [0.15, 0.2) is 0 Å². The van der Waals surface area contributed by atoms with E-state index in [4.69, 9.17) is 10.8 Å². The van der Waals surface area contributed by atoms with Crippen molar-refractivity contribution in [2.45, 2.75) is 19.1 Å². The molecular weight excluding hydrogens is 182 g/mol. The van der Waals surface area contributed by atoms with Crippen LogP contribution in [0.2, 0.25) is 0 Å². The summed E-state index contributed by atoms with van der Waals surface area (Å²) < 4.78 is 0. The number of nitrogens with one attached hydrogen (secondary N) is 1. The van der Waals surface area contributed by atoms with Crippen molar-refractivity contribution >= 4 is 5.91 Å². The van der Waals surface area contributed by atoms with E-state index in [1.807, 2.05) is 11.9 Å². The van der Waals surface area contributed by atoms with Gasteiger partial charge in [0.25, 0.3) is 0 Å². The number of carbonyl (C=O) groups is 1. The molecule has 5 heteroatoms. The second-order valence-corrected chi connectivity index (χ2v) is 4.09. The molecule has 0 aromatic carbocycles. The zero-order chi connectivity index (χ0) is 10.7. The van der Waals surface area contributed by atoms with Gasteiger partial charge in [-0.25, -0.2) is 0 Å². The van der Waals surface area contributed by atoms with E-state index in [2.05, 4.69) is 5.32 Å². The van der Waals surface area contributed by atoms with E-state index >= 15 is 0 Å². The van der Waals surface area contributed by atoms with Crippen LogP contribution in [0.15, 0.2) is 0 Å². The second kappa shape index (κ2) is 4.72. The molecule has 0 radical (unpaired) electrons. The summed E-state index contributed by atoms with van der Waals surface area (Å²) in [5.74, 6) is -0.193. The lowest BCUT2D eigenvalue weighted by Gasteiger charge is -2.14. The van der Waals surface area contributed by atoms with Gasteiger partial charge >= 0.3 is 0 Å². The van der Waals surface area contributed by atoms with Crippen molar-refractivity contribution in [2.75, 3.05) is 26.7 Å². The molecule has 0 saturated carbocycles. The number of amides is 1. The predicted octanol–water partition coefficient (Wildman–Crippen LogP) is -1.63. The number of aliphatic hydroxyl groups is 1. The standard InChI is InChI=1S/C9H19N3O2/c1-6(13)3-11-9(14)7-4-12(2)5-8(7)10/h6-8,13H,3-5,10H2,1-2H3,(H,11,14). The first-order valence-corrected chi connectivity index (χ1v) is 4.90. The molecule has 0 spiro atoms. The number of aliphatic hydroxyl groups excluding tert-OH is 1. The third-order valence-corrected chi connectivity index (χ3v) is 2.46. The van der Waals surface area contributed by atoms with Crippen molar-refractivity contribution in [1.29, 1.82) is 0 Å². The third kappa shape index (κ3) is 2.94. The summed E-state index contributed by atoms with van der Waals surface area (Å²) in [6, 6.07) is -0.0889. The molecule has 1 amide bonds. The van der Waals surface area contributed by atoms with Crippen molar-refractivity contribution in [2.24, 2.45) is 11.7 Å². The fourth-order valence-corrected chi connectivity index (χ4v) is 1.69. The van der Waals surface area contributed by atoms with E-state index in [1.165, 1.54) is 0 Å². The molecule has 1 saturated heterocycles. The van der Waals surface area contributed by atoms with Crippen LogP contribution in [0.1, 0.15) is 6.92 Å². The summed E-state index contributed by atoms with van der Waals surface area (Å²) in [5.41, 5.74) is 5.81. The molecule has 3 unspecified atom stereocenters. The minimum atomic E-state index is -0.505. The molecule has 1 heterocycles. The zero-order valence-corrected chi connectivity index (χ0v) is 8.73. The topological polar surface area (TPSA) is 78.6 Å². The minimum absolute atomic E-state index is 0.0530. The van der Waals surface area contributed by atoms with Crippen LogP contribution < -0.4 is 11.1 Å². The highest BCUT2D eigenvalue weighted by Crippen LogP contribution is 2.13. The van der Waals surface area contributed by atoms with Crippen LogP contribution in [0.4, 0.5) is 0 Å². The highest BCUT2D eigenvalue weighted by molar-refractivity contribution is 5.80. The van der Waals surface area contributed by atoms with Gasteiger partial charge in [-0.15, -0.1) is 0 Å². The molecule has 1 aliphatic heterocycles. The number of hydrogen-bond acceptors (Lipinski definition) is 4. The molecule has 0 aromatic rings. The van der Waals surface area contributed by atoms with Crippen molar-refractivity contribution in [3.8, 4) is 0 Å². The van der Waals surface area contributed by atoms with E-state index < -0.39 is 6.10 Å². The molecule has 3 atom stereocenters. The lowest BCUT2D eigenvalue weighted by molar-refractivity contribution is -0.125. The van der Waals surface area contributed by atoms with Gasteiger partial charge in [0.2, 0.25) is 5.91 Å². The maximum absolute atomic E-state index is 11.6. The zero-order valence-electron chi connectivity index (χ0n) is 8.73. The molecule has 4 N–H and O–H groups in total. The molecule has 1 rings (SSSR count). The van der Waals surface area contributed by atoms with Crippen LogP contribution in [0.25, 0.3) is 0 Å². The van der Waals surface area contributed by atoms with E-state index in [1.54, 1.807) is 6.92 Å². The Morgan fingerprint density at radius 1 is 1.71 bits per heavy atom. The first kappa shape index (κ1) is 11.4. The largest absolute Gasteiger partial charge is 0.392 e. The Morgan fingerprint density at radius 2 is 2.36 bits per heavy atom. The summed E-state index contributed by atoms with van der Waals surface area (Å²) >= 11 is 0. The Labute approximate surface area is 84.3 Å². The van der Waals surface area contributed by atoms with Crippen LogP contribution in [0.5, 0.6) is 0 Å². The molecule has 0 aliphatic carbocycles. The molecule has 82 valence electrons. The molecule has 0 bridgehead atoms. The van der Waals surface area contributed by atoms with Gasteiger partial charge in [0.05, 0.1) is 12.0 Å². The Balaban J connectivity index is 2.37. The van der Waals surface area contributed by atoms with Gasteiger partial charge in [-0.2, -0.15) is 0 Å². The Bertz CT molecular complexity index is 208. The lowest BCUT2D eigenvalue weighted by atomic mass is 10.0. The van der Waals surface area contributed by atoms with Gasteiger partial charge in [-0.3, -0.25) is 4.79 Å². The average molecular weight is 201 g/mol. The summed E-state index contributed by atoms with van der Waals surface area (Å²) in [7, 11) is 1.95. The first-order chi connectivity index (χ1) is 6.50. The lowest BCUT2D eigenvalue weighted by Crippen LogP contribution is -2.42. The fourth-order valence-electron chi connectivity index (χ4n) is 1.69. The Hall–Kier alpha value is -0.650. The van der Waals surface area contributed by atoms with E-state index in [0.717, 1.165) is 6.54 Å². The van der Waals surface area contributed by atoms with Crippen molar-refractivity contribution in [1.82, 2.24) is 10.2 Å². The van der Waals surface area contributed by atoms with Crippen LogP contribution in [-0.2, 0) is 4.79 Å². The molecule has 5 nitrogen and oxygen atoms in total. The van der Waals surface area contributed by atoms with Gasteiger partial charge in [0, 0.05) is 25.7 Å². The van der Waals surface area contributed by atoms with Gasteiger partial charge in [0.1, 0.15) is 0 Å². The second-order valence-electron chi connectivity index (χ2n) is 4.09. The molecular formula is C9H19N3O2. The number of nitrogens with two attached hydrogens (primary N) is 1. The number of nitrogens with zero attached hydrogens (tertiary/aromatic N) is 1. The van der Waals surface area contributed by atoms with Crippen LogP contribution >= 0.6 is 0 Å². The normalized spacial score (nSPS) is 30.3. The number of likely N-dealkylation sites (tertiary alicyclic amines) is 1. The number of likely N-dealkylation sites (N-methyl/N-ethyl adjacent to an activating group) is 1. The number of hydrogen-bond donors (Lipinski definition) is 3. The Kier molecular flexibility index (Phi) is 3.86. The fraction of sp³-hybridized carbons (Fsp3) is 0.889. The van der Waals surface area contributed by atoms with E-state index in [0.29, 0.717) is 13.1 Å². The predicted molar refractivity (Wildman–Crippen MR) is 53.7 cm³/mol. The Morgan fingerprint density at radius 3 is 2.79 bits per heavy atom. The summed E-state index contributed by atoms with van der Waals surface area (Å²) in [4.78, 5) is 13.6. The molecule has 1 fully saturated rings. The molecule has 1 aliphatic rings. The summed E-state index contributed by atoms with van der Waals surface area (Å²) in [5, 5.41) is 11.7. The SMILES string of the molecule is CC(O)CNC(=O)C1CN(C)CC1N. The van der Waals surface area contributed by atoms with Crippen molar-refractivity contribution < 1.29 is 9.90 Å². The summed E-state index contributed by atoms with van der Waals surface area (Å²) in [6.45, 7) is 3.40. The van der Waals surface area contributed by atoms with E-state index in [-0.39, 0.29) is 17.9 Å². The average Bonchev–Trinajstić information content (AvgIpc) is 2.41. The number of carbonyl (C=O) groups excluding carboxylic acids is 1. The number of rotatable bonds is 3. The maximum Gasteiger partial charge on any atom is 0.226 e. The van der Waals surface area contributed by atoms with E-state index in [9.17, 15) is 4.79 Å². The van der Waals surface area contributed by atoms with Crippen LogP contribution in [0.3, 0.4) is 0 Å². The quantitative estimate of drug-likeness (QED) is 0.512. The first-order valence-electron chi connectivity index (χ1n) is 4.90. The van der Waals surface area contributed by atoms with Gasteiger partial charge in [-0.05, 0) is 14.0 Å². The van der Waals surface area contributed by atoms with Crippen LogP contribution in [0, 0.1) is 5.92 Å². The summed E-state index contributed by atoms with van der Waals surface area (Å²) in [6.07, 6.45) is -0.505. The van der Waals surface area contributed by atoms with Gasteiger partial charge < -0.3 is 21.1 Å². The molecule has 0 aromatic heterocycles. The smallest absolute Gasteiger partial charge is 0.226 e. The highest BCUT2D eigenvalue weighted by atomic mass is 16.3.